The van der Waals surface area contributed by atoms with E-state index in [0.29, 0.717) is 6.61 Å². The van der Waals surface area contributed by atoms with Crippen molar-refractivity contribution in [1.82, 2.24) is 0 Å². The van der Waals surface area contributed by atoms with Crippen molar-refractivity contribution < 1.29 is 4.84 Å². The molecular weight excluding hydrogens is 173 g/mol. The van der Waals surface area contributed by atoms with Crippen LogP contribution in [0.15, 0.2) is 15.7 Å². The molecule has 0 spiro atoms. The second kappa shape index (κ2) is 6.90. The van der Waals surface area contributed by atoms with Crippen molar-refractivity contribution in [3.63, 3.8) is 0 Å². The topological polar surface area (TPSA) is 21.6 Å². The molecule has 0 saturated carbocycles. The summed E-state index contributed by atoms with van der Waals surface area (Å²) in [5.74, 6) is 0. The summed E-state index contributed by atoms with van der Waals surface area (Å²) in [6.45, 7) is 2.29. The third-order valence-electron chi connectivity index (χ3n) is 0.644. The molecule has 0 aliphatic heterocycles. The molecular formula is C6H9Cl2NO. The summed E-state index contributed by atoms with van der Waals surface area (Å²) in [6, 6.07) is 0. The molecule has 0 aromatic carbocycles. The molecule has 4 heteroatoms. The fourth-order valence-corrected chi connectivity index (χ4v) is 0.397. The Bertz CT molecular complexity index is 130. The van der Waals surface area contributed by atoms with E-state index in [2.05, 4.69) is 5.16 Å². The third-order valence-corrected chi connectivity index (χ3v) is 0.952. The smallest absolute Gasteiger partial charge is 0.138 e. The van der Waals surface area contributed by atoms with E-state index >= 15 is 0 Å². The number of hydrogen-bond donors (Lipinski definition) is 0. The van der Waals surface area contributed by atoms with Gasteiger partial charge in [0.25, 0.3) is 0 Å². The monoisotopic (exact) mass is 181 g/mol. The lowest BCUT2D eigenvalue weighted by atomic mass is 10.6. The highest BCUT2D eigenvalue weighted by molar-refractivity contribution is 6.55. The maximum Gasteiger partial charge on any atom is 0.138 e. The molecule has 0 unspecified atom stereocenters. The third kappa shape index (κ3) is 7.79. The van der Waals surface area contributed by atoms with Crippen LogP contribution in [0.4, 0.5) is 0 Å². The molecule has 0 aromatic rings. The maximum atomic E-state index is 5.29. The molecule has 0 heterocycles. The van der Waals surface area contributed by atoms with Crippen LogP contribution in [0.25, 0.3) is 0 Å². The second-order valence-electron chi connectivity index (χ2n) is 1.49. The van der Waals surface area contributed by atoms with Gasteiger partial charge in [0.2, 0.25) is 0 Å². The molecule has 0 radical (unpaired) electrons. The molecule has 58 valence electrons. The van der Waals surface area contributed by atoms with Gasteiger partial charge < -0.3 is 4.84 Å². The number of hydrogen-bond acceptors (Lipinski definition) is 2. The Kier molecular flexibility index (Phi) is 6.76. The summed E-state index contributed by atoms with van der Waals surface area (Å²) in [7, 11) is 0. The zero-order valence-electron chi connectivity index (χ0n) is 5.68. The zero-order valence-corrected chi connectivity index (χ0v) is 7.19. The first kappa shape index (κ1) is 9.79. The van der Waals surface area contributed by atoms with E-state index in [9.17, 15) is 0 Å². The van der Waals surface area contributed by atoms with Gasteiger partial charge in [-0.3, -0.25) is 0 Å². The molecule has 2 nitrogen and oxygen atoms in total. The summed E-state index contributed by atoms with van der Waals surface area (Å²) in [4.78, 5) is 4.71. The minimum absolute atomic E-state index is 0.201. The lowest BCUT2D eigenvalue weighted by Gasteiger charge is -1.90. The molecule has 0 atom stereocenters. The molecule has 0 aliphatic carbocycles. The Labute approximate surface area is 70.4 Å². The van der Waals surface area contributed by atoms with Gasteiger partial charge in [0.05, 0.1) is 0 Å². The molecule has 0 fully saturated rings. The summed E-state index contributed by atoms with van der Waals surface area (Å²) in [6.07, 6.45) is 4.05. The zero-order chi connectivity index (χ0) is 7.82. The van der Waals surface area contributed by atoms with Crippen LogP contribution in [0.2, 0.25) is 0 Å². The SMILES string of the molecule is CC/C=N/OCC=C(Cl)Cl. The quantitative estimate of drug-likeness (QED) is 0.372. The number of nitrogens with zero attached hydrogens (tertiary/aromatic N) is 1. The van der Waals surface area contributed by atoms with Gasteiger partial charge in [-0.05, 0) is 12.5 Å². The van der Waals surface area contributed by atoms with Gasteiger partial charge in [-0.2, -0.15) is 0 Å². The van der Waals surface area contributed by atoms with E-state index in [4.69, 9.17) is 28.0 Å². The lowest BCUT2D eigenvalue weighted by molar-refractivity contribution is 0.175. The van der Waals surface area contributed by atoms with E-state index in [1.54, 1.807) is 6.21 Å². The van der Waals surface area contributed by atoms with E-state index in [0.717, 1.165) is 6.42 Å². The van der Waals surface area contributed by atoms with Crippen LogP contribution in [-0.4, -0.2) is 12.8 Å². The van der Waals surface area contributed by atoms with Crippen LogP contribution >= 0.6 is 23.2 Å². The largest absolute Gasteiger partial charge is 0.392 e. The molecule has 0 rings (SSSR count). The van der Waals surface area contributed by atoms with Crippen molar-refractivity contribution in [3.05, 3.63) is 10.6 Å². The van der Waals surface area contributed by atoms with Gasteiger partial charge in [0, 0.05) is 6.21 Å². The van der Waals surface area contributed by atoms with Crippen LogP contribution in [0.3, 0.4) is 0 Å². The van der Waals surface area contributed by atoms with Gasteiger partial charge in [0.15, 0.2) is 0 Å². The van der Waals surface area contributed by atoms with Crippen molar-refractivity contribution in [2.24, 2.45) is 5.16 Å². The van der Waals surface area contributed by atoms with Crippen LogP contribution in [-0.2, 0) is 4.84 Å². The molecule has 10 heavy (non-hydrogen) atoms. The highest BCUT2D eigenvalue weighted by Gasteiger charge is 1.81. The summed E-state index contributed by atoms with van der Waals surface area (Å²) in [5, 5.41) is 3.57. The van der Waals surface area contributed by atoms with Crippen molar-refractivity contribution >= 4 is 29.4 Å². The first-order chi connectivity index (χ1) is 4.77. The molecule has 0 N–H and O–H groups in total. The highest BCUT2D eigenvalue weighted by Crippen LogP contribution is 2.04. The van der Waals surface area contributed by atoms with Crippen molar-refractivity contribution in [2.45, 2.75) is 13.3 Å². The van der Waals surface area contributed by atoms with Crippen LogP contribution < -0.4 is 0 Å². The first-order valence-electron chi connectivity index (χ1n) is 2.92. The average Bonchev–Trinajstić information content (AvgIpc) is 1.87. The van der Waals surface area contributed by atoms with Crippen molar-refractivity contribution in [2.75, 3.05) is 6.61 Å². The molecule has 0 aliphatic rings. The van der Waals surface area contributed by atoms with Gasteiger partial charge in [-0.25, -0.2) is 0 Å². The van der Waals surface area contributed by atoms with Crippen molar-refractivity contribution in [3.8, 4) is 0 Å². The maximum absolute atomic E-state index is 5.29. The Morgan fingerprint density at radius 2 is 2.30 bits per heavy atom. The predicted octanol–water partition coefficient (Wildman–Crippen LogP) is 2.72. The van der Waals surface area contributed by atoms with E-state index in [-0.39, 0.29) is 4.49 Å². The normalized spacial score (nSPS) is 9.90. The number of rotatable bonds is 4. The Morgan fingerprint density at radius 1 is 1.60 bits per heavy atom. The van der Waals surface area contributed by atoms with E-state index in [1.807, 2.05) is 6.92 Å². The Hall–Kier alpha value is -0.210. The lowest BCUT2D eigenvalue weighted by Crippen LogP contribution is -1.81. The Morgan fingerprint density at radius 3 is 2.80 bits per heavy atom. The fourth-order valence-electron chi connectivity index (χ4n) is 0.271. The number of oxime groups is 1. The minimum Gasteiger partial charge on any atom is -0.392 e. The Balaban J connectivity index is 3.21. The summed E-state index contributed by atoms with van der Waals surface area (Å²) >= 11 is 10.6. The highest BCUT2D eigenvalue weighted by atomic mass is 35.5. The van der Waals surface area contributed by atoms with Gasteiger partial charge >= 0.3 is 0 Å². The summed E-state index contributed by atoms with van der Waals surface area (Å²) < 4.78 is 0.201. The van der Waals surface area contributed by atoms with Crippen LogP contribution in [0.1, 0.15) is 13.3 Å². The second-order valence-corrected chi connectivity index (χ2v) is 2.49. The first-order valence-corrected chi connectivity index (χ1v) is 3.68. The molecule has 0 saturated heterocycles. The minimum atomic E-state index is 0.201. The molecule has 0 amide bonds. The van der Waals surface area contributed by atoms with E-state index in [1.165, 1.54) is 6.08 Å². The average molecular weight is 182 g/mol. The molecule has 0 bridgehead atoms. The summed E-state index contributed by atoms with van der Waals surface area (Å²) in [5.41, 5.74) is 0. The van der Waals surface area contributed by atoms with Crippen molar-refractivity contribution in [1.29, 1.82) is 0 Å². The molecule has 0 aromatic heterocycles. The van der Waals surface area contributed by atoms with Gasteiger partial charge in [-0.15, -0.1) is 0 Å². The standard InChI is InChI=1S/C6H9Cl2NO/c1-2-4-9-10-5-3-6(7)8/h3-4H,2,5H2,1H3/b9-4+. The van der Waals surface area contributed by atoms with Crippen LogP contribution in [0, 0.1) is 0 Å². The predicted molar refractivity (Wildman–Crippen MR) is 44.5 cm³/mol. The van der Waals surface area contributed by atoms with E-state index < -0.39 is 0 Å². The van der Waals surface area contributed by atoms with Gasteiger partial charge in [0.1, 0.15) is 11.1 Å². The van der Waals surface area contributed by atoms with Crippen LogP contribution in [0.5, 0.6) is 0 Å². The fraction of sp³-hybridized carbons (Fsp3) is 0.500. The van der Waals surface area contributed by atoms with Gasteiger partial charge in [-0.1, -0.05) is 35.3 Å². The number of halogens is 2.